The number of nitrogen functional groups attached to an aromatic ring is 1. The summed E-state index contributed by atoms with van der Waals surface area (Å²) in [7, 11) is 1.70. The van der Waals surface area contributed by atoms with Crippen LogP contribution in [0.4, 0.5) is 19.0 Å². The Labute approximate surface area is 237 Å². The van der Waals surface area contributed by atoms with E-state index in [1.54, 1.807) is 48.0 Å². The molecule has 3 aromatic heterocycles. The number of nitriles is 1. The molecule has 1 amide bonds. The van der Waals surface area contributed by atoms with Crippen molar-refractivity contribution >= 4 is 22.6 Å². The Balaban J connectivity index is 1.62. The van der Waals surface area contributed by atoms with Crippen molar-refractivity contribution < 1.29 is 22.7 Å². The lowest BCUT2D eigenvalue weighted by molar-refractivity contribution is -0.116. The van der Waals surface area contributed by atoms with Gasteiger partial charge in [-0.2, -0.15) is 10.2 Å². The summed E-state index contributed by atoms with van der Waals surface area (Å²) in [6, 6.07) is 14.1. The Bertz CT molecular complexity index is 1880. The van der Waals surface area contributed by atoms with E-state index in [9.17, 15) is 18.8 Å². The van der Waals surface area contributed by atoms with E-state index < -0.39 is 17.9 Å². The number of halogens is 3. The van der Waals surface area contributed by atoms with Crippen molar-refractivity contribution in [1.82, 2.24) is 24.8 Å². The molecule has 2 aromatic carbocycles. The smallest absolute Gasteiger partial charge is 0.322 e. The van der Waals surface area contributed by atoms with Crippen molar-refractivity contribution in [2.75, 3.05) is 5.73 Å². The summed E-state index contributed by atoms with van der Waals surface area (Å²) < 4.78 is 49.0. The third-order valence-corrected chi connectivity index (χ3v) is 6.53. The summed E-state index contributed by atoms with van der Waals surface area (Å²) in [6.07, 6.45) is 0.885. The molecule has 3 N–H and O–H groups in total. The topological polar surface area (TPSA) is 132 Å². The van der Waals surface area contributed by atoms with Crippen molar-refractivity contribution in [3.8, 4) is 40.2 Å². The molecule has 5 aromatic rings. The van der Waals surface area contributed by atoms with E-state index in [1.165, 1.54) is 18.5 Å². The molecule has 0 aliphatic rings. The van der Waals surface area contributed by atoms with Crippen molar-refractivity contribution in [2.24, 2.45) is 7.05 Å². The first-order valence-corrected chi connectivity index (χ1v) is 12.5. The maximum absolute atomic E-state index is 15.7. The van der Waals surface area contributed by atoms with E-state index in [1.807, 2.05) is 0 Å². The number of aromatic nitrogens is 4. The molecule has 0 unspecified atom stereocenters. The number of carbonyl (C=O) groups excluding carboxylic acids is 1. The molecule has 0 radical (unpaired) electrons. The normalized spacial score (nSPS) is 11.0. The van der Waals surface area contributed by atoms with Gasteiger partial charge in [-0.1, -0.05) is 24.8 Å². The Morgan fingerprint density at radius 2 is 1.98 bits per heavy atom. The first-order chi connectivity index (χ1) is 20.2. The van der Waals surface area contributed by atoms with Crippen LogP contribution in [0.2, 0.25) is 0 Å². The van der Waals surface area contributed by atoms with Crippen LogP contribution in [-0.2, 0) is 18.4 Å². The molecular weight excluding hydrogens is 547 g/mol. The lowest BCUT2D eigenvalue weighted by atomic mass is 9.97. The summed E-state index contributed by atoms with van der Waals surface area (Å²) >= 11 is 0. The number of fused-ring (bicyclic) bond motifs is 1. The monoisotopic (exact) mass is 569 g/mol. The van der Waals surface area contributed by atoms with Gasteiger partial charge < -0.3 is 20.4 Å². The highest BCUT2D eigenvalue weighted by Gasteiger charge is 2.25. The van der Waals surface area contributed by atoms with Crippen LogP contribution in [0.25, 0.3) is 33.3 Å². The summed E-state index contributed by atoms with van der Waals surface area (Å²) in [6.45, 7) is 3.50. The van der Waals surface area contributed by atoms with Gasteiger partial charge >= 0.3 is 6.01 Å². The van der Waals surface area contributed by atoms with Crippen LogP contribution in [0.15, 0.2) is 73.6 Å². The maximum Gasteiger partial charge on any atom is 0.322 e. The second kappa shape index (κ2) is 11.4. The van der Waals surface area contributed by atoms with Gasteiger partial charge in [0.25, 0.3) is 6.43 Å². The van der Waals surface area contributed by atoms with E-state index in [0.29, 0.717) is 33.3 Å². The molecule has 0 saturated carbocycles. The first-order valence-electron chi connectivity index (χ1n) is 12.5. The largest absolute Gasteiger partial charge is 0.424 e. The van der Waals surface area contributed by atoms with Gasteiger partial charge in [0.05, 0.1) is 22.2 Å². The van der Waals surface area contributed by atoms with Crippen molar-refractivity contribution in [3.05, 3.63) is 96.2 Å². The Kier molecular flexibility index (Phi) is 7.57. The summed E-state index contributed by atoms with van der Waals surface area (Å²) in [5.74, 6) is -0.535. The quantitative estimate of drug-likeness (QED) is 0.225. The van der Waals surface area contributed by atoms with Crippen LogP contribution >= 0.6 is 0 Å². The van der Waals surface area contributed by atoms with Gasteiger partial charge in [0, 0.05) is 37.1 Å². The number of anilines is 1. The molecule has 0 aliphatic heterocycles. The second-order valence-electron chi connectivity index (χ2n) is 9.10. The molecule has 0 saturated heterocycles. The third kappa shape index (κ3) is 5.23. The number of aryl methyl sites for hydroxylation is 1. The fourth-order valence-corrected chi connectivity index (χ4v) is 4.63. The van der Waals surface area contributed by atoms with Gasteiger partial charge in [0.2, 0.25) is 5.91 Å². The molecule has 42 heavy (non-hydrogen) atoms. The van der Waals surface area contributed by atoms with Gasteiger partial charge in [-0.3, -0.25) is 4.79 Å². The summed E-state index contributed by atoms with van der Waals surface area (Å²) in [4.78, 5) is 23.3. The lowest BCUT2D eigenvalue weighted by Gasteiger charge is -2.12. The minimum absolute atomic E-state index is 0.102. The minimum atomic E-state index is -2.78. The minimum Gasteiger partial charge on any atom is -0.424 e. The highest BCUT2D eigenvalue weighted by Crippen LogP contribution is 2.44. The fourth-order valence-electron chi connectivity index (χ4n) is 4.63. The Morgan fingerprint density at radius 1 is 1.21 bits per heavy atom. The number of ether oxygens (including phenoxy) is 1. The average molecular weight is 570 g/mol. The highest BCUT2D eigenvalue weighted by molar-refractivity contribution is 6.10. The number of alkyl halides is 2. The predicted octanol–water partition coefficient (Wildman–Crippen LogP) is 5.82. The molecule has 0 aliphatic carbocycles. The maximum atomic E-state index is 15.7. The van der Waals surface area contributed by atoms with Crippen LogP contribution in [0.3, 0.4) is 0 Å². The van der Waals surface area contributed by atoms with E-state index >= 15 is 4.39 Å². The molecule has 210 valence electrons. The van der Waals surface area contributed by atoms with Crippen LogP contribution in [0.5, 0.6) is 11.8 Å². The Hall–Kier alpha value is -5.70. The number of pyridine rings is 1. The summed E-state index contributed by atoms with van der Waals surface area (Å²) in [5.41, 5.74) is 8.86. The lowest BCUT2D eigenvalue weighted by Crippen LogP contribution is -2.20. The van der Waals surface area contributed by atoms with E-state index in [-0.39, 0.29) is 41.2 Å². The third-order valence-electron chi connectivity index (χ3n) is 6.53. The van der Waals surface area contributed by atoms with Crippen molar-refractivity contribution in [2.45, 2.75) is 13.0 Å². The Morgan fingerprint density at radius 3 is 2.64 bits per heavy atom. The fraction of sp³-hybridized carbons (Fsp3) is 0.100. The molecule has 0 bridgehead atoms. The standard InChI is InChI=1S/C30H22F3N7O2/c1-3-23(41)37-14-16-4-9-20(21(31)12-16)27-24(25-26(40(27)2)18(13-34)15-38-29(25)35)17-5-7-19(8-6-17)42-30-36-11-10-22(39-30)28(32)33/h3-12,15,28H,1,14H2,2H3,(H2,35,38)(H,37,41). The number of benzene rings is 2. The number of amides is 1. The molecule has 3 heterocycles. The second-order valence-corrected chi connectivity index (χ2v) is 9.10. The van der Waals surface area contributed by atoms with E-state index in [2.05, 4.69) is 32.9 Å². The molecular formula is C30H22F3N7O2. The van der Waals surface area contributed by atoms with Crippen LogP contribution in [0, 0.1) is 17.1 Å². The zero-order valence-electron chi connectivity index (χ0n) is 22.1. The van der Waals surface area contributed by atoms with Crippen LogP contribution in [-0.4, -0.2) is 25.4 Å². The van der Waals surface area contributed by atoms with Gasteiger partial charge in [-0.15, -0.1) is 0 Å². The SMILES string of the molecule is C=CC(=O)NCc1ccc(-c2c(-c3ccc(Oc4nccc(C(F)F)n4)cc3)c3c(N)ncc(C#N)c3n2C)c(F)c1. The number of nitrogens with two attached hydrogens (primary N) is 1. The number of hydrogen-bond donors (Lipinski definition) is 2. The molecule has 0 fully saturated rings. The van der Waals surface area contributed by atoms with E-state index in [4.69, 9.17) is 10.5 Å². The molecule has 5 rings (SSSR count). The van der Waals surface area contributed by atoms with Gasteiger partial charge in [-0.25, -0.2) is 23.1 Å². The number of hydrogen-bond acceptors (Lipinski definition) is 7. The first kappa shape index (κ1) is 27.9. The highest BCUT2D eigenvalue weighted by atomic mass is 19.3. The van der Waals surface area contributed by atoms with Crippen LogP contribution < -0.4 is 15.8 Å². The van der Waals surface area contributed by atoms with Gasteiger partial charge in [-0.05, 0) is 47.5 Å². The molecule has 0 atom stereocenters. The van der Waals surface area contributed by atoms with E-state index in [0.717, 1.165) is 12.1 Å². The van der Waals surface area contributed by atoms with Gasteiger partial charge in [0.1, 0.15) is 29.1 Å². The number of carbonyl (C=O) groups is 1. The van der Waals surface area contributed by atoms with Crippen LogP contribution in [0.1, 0.15) is 23.2 Å². The van der Waals surface area contributed by atoms with Crippen molar-refractivity contribution in [3.63, 3.8) is 0 Å². The summed E-state index contributed by atoms with van der Waals surface area (Å²) in [5, 5.41) is 12.9. The molecule has 0 spiro atoms. The molecule has 12 heteroatoms. The number of nitrogens with one attached hydrogen (secondary N) is 1. The number of nitrogens with zero attached hydrogens (tertiary/aromatic N) is 5. The van der Waals surface area contributed by atoms with Crippen molar-refractivity contribution in [1.29, 1.82) is 5.26 Å². The predicted molar refractivity (Wildman–Crippen MR) is 150 cm³/mol. The zero-order chi connectivity index (χ0) is 30.0. The average Bonchev–Trinajstić information content (AvgIpc) is 3.30. The van der Waals surface area contributed by atoms with Gasteiger partial charge in [0.15, 0.2) is 0 Å². The number of rotatable bonds is 8. The molecule has 9 nitrogen and oxygen atoms in total. The zero-order valence-corrected chi connectivity index (χ0v) is 22.1.